The Balaban J connectivity index is 1.27. The van der Waals surface area contributed by atoms with E-state index in [2.05, 4.69) is 62.4 Å². The van der Waals surface area contributed by atoms with Crippen molar-refractivity contribution in [2.24, 2.45) is 17.8 Å². The van der Waals surface area contributed by atoms with Gasteiger partial charge in [-0.3, -0.25) is 0 Å². The first kappa shape index (κ1) is 21.7. The Morgan fingerprint density at radius 1 is 0.633 bits per heavy atom. The summed E-state index contributed by atoms with van der Waals surface area (Å²) in [6.07, 6.45) is 16.9. The first-order chi connectivity index (χ1) is 14.7. The molecule has 0 N–H and O–H groups in total. The lowest BCUT2D eigenvalue weighted by Gasteiger charge is -2.28. The summed E-state index contributed by atoms with van der Waals surface area (Å²) in [7, 11) is 0. The summed E-state index contributed by atoms with van der Waals surface area (Å²) in [5.74, 6) is 3.71. The highest BCUT2D eigenvalue weighted by atomic mass is 14.3. The van der Waals surface area contributed by atoms with Crippen LogP contribution >= 0.6 is 0 Å². The standard InChI is InChI=1S/C30H42/c1-3-4-24-7-9-25(10-8-24)11-12-26-13-17-28(18-14-26)30-21-19-29(20-22-30)27-15-5-23(2)6-16-27/h13-14,17-25,27H,3-12,15-16H2,1-2H3. The molecule has 162 valence electrons. The number of hydrogen-bond donors (Lipinski definition) is 0. The van der Waals surface area contributed by atoms with Crippen LogP contribution in [0.15, 0.2) is 48.5 Å². The number of hydrogen-bond acceptors (Lipinski definition) is 0. The van der Waals surface area contributed by atoms with Crippen molar-refractivity contribution >= 4 is 0 Å². The summed E-state index contributed by atoms with van der Waals surface area (Å²) >= 11 is 0. The van der Waals surface area contributed by atoms with Gasteiger partial charge in [-0.2, -0.15) is 0 Å². The average molecular weight is 403 g/mol. The van der Waals surface area contributed by atoms with Crippen molar-refractivity contribution < 1.29 is 0 Å². The third kappa shape index (κ3) is 5.77. The average Bonchev–Trinajstić information content (AvgIpc) is 2.80. The van der Waals surface area contributed by atoms with Gasteiger partial charge in [-0.25, -0.2) is 0 Å². The summed E-state index contributed by atoms with van der Waals surface area (Å²) in [6.45, 7) is 4.74. The molecule has 0 bridgehead atoms. The van der Waals surface area contributed by atoms with Crippen molar-refractivity contribution in [1.29, 1.82) is 0 Å². The van der Waals surface area contributed by atoms with E-state index in [0.717, 1.165) is 23.7 Å². The van der Waals surface area contributed by atoms with Gasteiger partial charge < -0.3 is 0 Å². The molecule has 2 aromatic rings. The van der Waals surface area contributed by atoms with Crippen molar-refractivity contribution in [1.82, 2.24) is 0 Å². The zero-order valence-corrected chi connectivity index (χ0v) is 19.4. The lowest BCUT2D eigenvalue weighted by molar-refractivity contribution is 0.252. The molecule has 0 heterocycles. The van der Waals surface area contributed by atoms with Gasteiger partial charge in [0.25, 0.3) is 0 Å². The van der Waals surface area contributed by atoms with Crippen LogP contribution in [0.25, 0.3) is 11.1 Å². The van der Waals surface area contributed by atoms with Crippen molar-refractivity contribution in [2.45, 2.75) is 96.8 Å². The van der Waals surface area contributed by atoms with E-state index in [1.807, 2.05) is 0 Å². The smallest absolute Gasteiger partial charge is 0.0162 e. The topological polar surface area (TPSA) is 0 Å². The van der Waals surface area contributed by atoms with Crippen LogP contribution < -0.4 is 0 Å². The Bertz CT molecular complexity index is 738. The van der Waals surface area contributed by atoms with Crippen LogP contribution in [0.1, 0.15) is 102 Å². The van der Waals surface area contributed by atoms with E-state index in [4.69, 9.17) is 0 Å². The van der Waals surface area contributed by atoms with Gasteiger partial charge in [0.2, 0.25) is 0 Å². The highest BCUT2D eigenvalue weighted by molar-refractivity contribution is 5.64. The zero-order valence-electron chi connectivity index (χ0n) is 19.4. The van der Waals surface area contributed by atoms with Gasteiger partial charge in [0.05, 0.1) is 0 Å². The van der Waals surface area contributed by atoms with E-state index in [-0.39, 0.29) is 0 Å². The molecule has 0 amide bonds. The van der Waals surface area contributed by atoms with Crippen LogP contribution in [0.3, 0.4) is 0 Å². The lowest BCUT2D eigenvalue weighted by Crippen LogP contribution is -2.15. The molecule has 2 saturated carbocycles. The predicted octanol–water partition coefficient (Wildman–Crippen LogP) is 9.19. The van der Waals surface area contributed by atoms with Crippen LogP contribution in [0, 0.1) is 17.8 Å². The van der Waals surface area contributed by atoms with Crippen LogP contribution in [0.4, 0.5) is 0 Å². The minimum Gasteiger partial charge on any atom is -0.0654 e. The molecule has 2 aliphatic rings. The van der Waals surface area contributed by atoms with E-state index in [9.17, 15) is 0 Å². The maximum atomic E-state index is 2.40. The number of benzene rings is 2. The van der Waals surface area contributed by atoms with E-state index < -0.39 is 0 Å². The molecule has 4 rings (SSSR count). The first-order valence-corrected chi connectivity index (χ1v) is 12.9. The van der Waals surface area contributed by atoms with Gasteiger partial charge >= 0.3 is 0 Å². The summed E-state index contributed by atoms with van der Waals surface area (Å²) < 4.78 is 0. The maximum Gasteiger partial charge on any atom is -0.0162 e. The second-order valence-electron chi connectivity index (χ2n) is 10.5. The van der Waals surface area contributed by atoms with Gasteiger partial charge in [-0.1, -0.05) is 114 Å². The fraction of sp³-hybridized carbons (Fsp3) is 0.600. The molecular formula is C30H42. The fourth-order valence-electron chi connectivity index (χ4n) is 5.99. The summed E-state index contributed by atoms with van der Waals surface area (Å²) in [5, 5.41) is 0. The summed E-state index contributed by atoms with van der Waals surface area (Å²) in [6, 6.07) is 18.9. The highest BCUT2D eigenvalue weighted by Gasteiger charge is 2.21. The minimum absolute atomic E-state index is 0.787. The molecule has 0 spiro atoms. The molecule has 0 aliphatic heterocycles. The molecule has 30 heavy (non-hydrogen) atoms. The van der Waals surface area contributed by atoms with Crippen LogP contribution in [-0.4, -0.2) is 0 Å². The second kappa shape index (κ2) is 10.7. The van der Waals surface area contributed by atoms with E-state index in [1.165, 1.54) is 93.7 Å². The van der Waals surface area contributed by atoms with E-state index in [0.29, 0.717) is 0 Å². The Kier molecular flexibility index (Phi) is 7.69. The predicted molar refractivity (Wildman–Crippen MR) is 131 cm³/mol. The summed E-state index contributed by atoms with van der Waals surface area (Å²) in [5.41, 5.74) is 5.80. The largest absolute Gasteiger partial charge is 0.0654 e. The third-order valence-corrected chi connectivity index (χ3v) is 8.19. The molecule has 0 heteroatoms. The molecule has 2 aliphatic carbocycles. The SMILES string of the molecule is CCCC1CCC(CCc2ccc(-c3ccc(C4CCC(C)CC4)cc3)cc2)CC1. The quantitative estimate of drug-likeness (QED) is 0.433. The Labute approximate surface area is 185 Å². The maximum absolute atomic E-state index is 2.40. The number of aryl methyl sites for hydroxylation is 1. The lowest BCUT2D eigenvalue weighted by atomic mass is 9.78. The van der Waals surface area contributed by atoms with E-state index >= 15 is 0 Å². The Morgan fingerprint density at radius 2 is 1.17 bits per heavy atom. The normalized spacial score (nSPS) is 27.1. The Hall–Kier alpha value is -1.56. The van der Waals surface area contributed by atoms with Crippen molar-refractivity contribution in [2.75, 3.05) is 0 Å². The van der Waals surface area contributed by atoms with Crippen LogP contribution in [0.5, 0.6) is 0 Å². The molecule has 0 unspecified atom stereocenters. The molecule has 0 saturated heterocycles. The van der Waals surface area contributed by atoms with Crippen molar-refractivity contribution in [3.63, 3.8) is 0 Å². The molecule has 2 aromatic carbocycles. The van der Waals surface area contributed by atoms with Gasteiger partial charge in [0, 0.05) is 0 Å². The van der Waals surface area contributed by atoms with Crippen molar-refractivity contribution in [3.8, 4) is 11.1 Å². The van der Waals surface area contributed by atoms with Gasteiger partial charge in [0.1, 0.15) is 0 Å². The van der Waals surface area contributed by atoms with Crippen molar-refractivity contribution in [3.05, 3.63) is 59.7 Å². The van der Waals surface area contributed by atoms with Gasteiger partial charge in [-0.15, -0.1) is 0 Å². The zero-order chi connectivity index (χ0) is 20.8. The first-order valence-electron chi connectivity index (χ1n) is 12.9. The molecule has 0 nitrogen and oxygen atoms in total. The van der Waals surface area contributed by atoms with Crippen LogP contribution in [-0.2, 0) is 6.42 Å². The monoisotopic (exact) mass is 402 g/mol. The van der Waals surface area contributed by atoms with Crippen LogP contribution in [0.2, 0.25) is 0 Å². The minimum atomic E-state index is 0.787. The van der Waals surface area contributed by atoms with Gasteiger partial charge in [-0.05, 0) is 71.6 Å². The highest BCUT2D eigenvalue weighted by Crippen LogP contribution is 2.36. The third-order valence-electron chi connectivity index (χ3n) is 8.19. The summed E-state index contributed by atoms with van der Waals surface area (Å²) in [4.78, 5) is 0. The second-order valence-corrected chi connectivity index (χ2v) is 10.5. The Morgan fingerprint density at radius 3 is 1.73 bits per heavy atom. The molecule has 0 radical (unpaired) electrons. The number of rotatable bonds is 7. The molecular weight excluding hydrogens is 360 g/mol. The molecule has 2 fully saturated rings. The van der Waals surface area contributed by atoms with E-state index in [1.54, 1.807) is 5.56 Å². The van der Waals surface area contributed by atoms with Gasteiger partial charge in [0.15, 0.2) is 0 Å². The fourth-order valence-corrected chi connectivity index (χ4v) is 5.99. The molecule has 0 atom stereocenters. The molecule has 0 aromatic heterocycles.